The predicted octanol–water partition coefficient (Wildman–Crippen LogP) is 3.53. The maximum Gasteiger partial charge on any atom is 0.324 e. The van der Waals surface area contributed by atoms with Gasteiger partial charge in [-0.15, -0.1) is 0 Å². The Morgan fingerprint density at radius 2 is 1.56 bits per heavy atom. The summed E-state index contributed by atoms with van der Waals surface area (Å²) in [7, 11) is 6.60. The number of nitrogens with zero attached hydrogens (tertiary/aromatic N) is 3. The third-order valence-electron chi connectivity index (χ3n) is 13.8. The SMILES string of the molecule is CC[C@H]1OC(=O)[C@H](C)[C@@H](O[C@H]2C[C@@](C)(OC)[C@@H](O)[C@H](C)O2)[C@H](C)[C@@H](O[C@@H]2O[C@H](C)C[C@H](N(C)C(=O)N(C)c3ccccc3)[C@H]2O)[C@](C)(O)C[C@@H](C)CN(C)[C@H](C)[C@@H](O)[C@]1(C)O. The fraction of sp³-hybridized carbons (Fsp3) is 0.822. The molecule has 3 aliphatic heterocycles. The van der Waals surface area contributed by atoms with Crippen LogP contribution in [0, 0.1) is 17.8 Å². The number of anilines is 1. The topological polar surface area (TPSA) is 200 Å². The van der Waals surface area contributed by atoms with Gasteiger partial charge in [0.1, 0.15) is 30.0 Å². The van der Waals surface area contributed by atoms with Crippen LogP contribution >= 0.6 is 0 Å². The number of methoxy groups -OCH3 is 1. The number of benzene rings is 1. The van der Waals surface area contributed by atoms with E-state index in [0.29, 0.717) is 18.7 Å². The van der Waals surface area contributed by atoms with Crippen LogP contribution < -0.4 is 4.90 Å². The lowest BCUT2D eigenvalue weighted by molar-refractivity contribution is -0.317. The fourth-order valence-corrected chi connectivity index (χ4v) is 9.75. The Labute approximate surface area is 363 Å². The summed E-state index contributed by atoms with van der Waals surface area (Å²) in [6.07, 6.45) is -9.86. The zero-order chi connectivity index (χ0) is 45.9. The lowest BCUT2D eigenvalue weighted by atomic mass is 9.77. The maximum atomic E-state index is 14.4. The van der Waals surface area contributed by atoms with Gasteiger partial charge in [-0.1, -0.05) is 39.0 Å². The van der Waals surface area contributed by atoms with Crippen molar-refractivity contribution in [2.45, 2.75) is 185 Å². The second-order valence-corrected chi connectivity index (χ2v) is 19.0. The smallest absolute Gasteiger partial charge is 0.324 e. The van der Waals surface area contributed by atoms with E-state index in [0.717, 1.165) is 0 Å². The van der Waals surface area contributed by atoms with E-state index in [1.54, 1.807) is 62.6 Å². The van der Waals surface area contributed by atoms with Gasteiger partial charge >= 0.3 is 12.0 Å². The van der Waals surface area contributed by atoms with Crippen molar-refractivity contribution in [1.82, 2.24) is 9.80 Å². The Morgan fingerprint density at radius 3 is 2.15 bits per heavy atom. The van der Waals surface area contributed by atoms with E-state index >= 15 is 0 Å². The highest BCUT2D eigenvalue weighted by molar-refractivity contribution is 5.91. The molecule has 0 saturated carbocycles. The van der Waals surface area contributed by atoms with Gasteiger partial charge in [0.25, 0.3) is 0 Å². The molecule has 2 amide bonds. The van der Waals surface area contributed by atoms with E-state index in [4.69, 9.17) is 28.4 Å². The van der Waals surface area contributed by atoms with Gasteiger partial charge in [-0.2, -0.15) is 0 Å². The molecule has 4 rings (SSSR count). The van der Waals surface area contributed by atoms with Gasteiger partial charge < -0.3 is 63.8 Å². The number of esters is 1. The van der Waals surface area contributed by atoms with Crippen LogP contribution in [0.5, 0.6) is 0 Å². The van der Waals surface area contributed by atoms with Crippen LogP contribution in [0.15, 0.2) is 30.3 Å². The average Bonchev–Trinajstić information content (AvgIpc) is 3.21. The number of hydrogen-bond acceptors (Lipinski definition) is 14. The second kappa shape index (κ2) is 20.6. The fourth-order valence-electron chi connectivity index (χ4n) is 9.75. The summed E-state index contributed by atoms with van der Waals surface area (Å²) in [6, 6.07) is 7.49. The van der Waals surface area contributed by atoms with Crippen LogP contribution in [0.1, 0.15) is 94.9 Å². The van der Waals surface area contributed by atoms with Crippen molar-refractivity contribution < 1.29 is 63.5 Å². The number of rotatable bonds is 8. The number of urea groups is 1. The molecule has 5 N–H and O–H groups in total. The molecule has 16 nitrogen and oxygen atoms in total. The van der Waals surface area contributed by atoms with Gasteiger partial charge in [0.15, 0.2) is 12.6 Å². The number of amides is 2. The molecule has 16 heteroatoms. The number of para-hydroxylation sites is 1. The summed E-state index contributed by atoms with van der Waals surface area (Å²) >= 11 is 0. The number of hydrogen-bond donors (Lipinski definition) is 5. The molecule has 0 radical (unpaired) electrons. The van der Waals surface area contributed by atoms with E-state index < -0.39 is 108 Å². The number of cyclic esters (lactones) is 1. The Bertz CT molecular complexity index is 1570. The molecule has 3 fully saturated rings. The van der Waals surface area contributed by atoms with Crippen molar-refractivity contribution in [2.75, 3.05) is 39.7 Å². The normalized spacial score (nSPS) is 43.7. The summed E-state index contributed by atoms with van der Waals surface area (Å²) in [5.41, 5.74) is -3.91. The quantitative estimate of drug-likeness (QED) is 0.238. The molecule has 61 heavy (non-hydrogen) atoms. The molecule has 1 aromatic rings. The van der Waals surface area contributed by atoms with E-state index in [1.165, 1.54) is 23.8 Å². The van der Waals surface area contributed by atoms with Crippen LogP contribution in [-0.2, 0) is 33.2 Å². The lowest BCUT2D eigenvalue weighted by Crippen LogP contribution is -2.61. The van der Waals surface area contributed by atoms with Gasteiger partial charge in [-0.25, -0.2) is 4.79 Å². The Balaban J connectivity index is 1.80. The first-order valence-corrected chi connectivity index (χ1v) is 21.9. The Kier molecular flexibility index (Phi) is 17.2. The molecule has 0 aromatic heterocycles. The minimum absolute atomic E-state index is 0.0864. The number of carbonyl (C=O) groups excluding carboxylic acids is 2. The summed E-state index contributed by atoms with van der Waals surface area (Å²) in [5.74, 6) is -2.88. The van der Waals surface area contributed by atoms with Crippen molar-refractivity contribution in [1.29, 1.82) is 0 Å². The van der Waals surface area contributed by atoms with E-state index in [-0.39, 0.29) is 31.2 Å². The van der Waals surface area contributed by atoms with E-state index in [1.807, 2.05) is 56.1 Å². The number of likely N-dealkylation sites (N-methyl/N-ethyl adjacent to an activating group) is 2. The summed E-state index contributed by atoms with van der Waals surface area (Å²) in [4.78, 5) is 33.1. The molecular weight excluding hydrogens is 791 g/mol. The third-order valence-corrected chi connectivity index (χ3v) is 13.8. The van der Waals surface area contributed by atoms with E-state index in [9.17, 15) is 35.1 Å². The number of aliphatic hydroxyl groups is 5. The van der Waals surface area contributed by atoms with Gasteiger partial charge in [-0.3, -0.25) is 9.69 Å². The largest absolute Gasteiger partial charge is 0.459 e. The van der Waals surface area contributed by atoms with Gasteiger partial charge in [0.2, 0.25) is 0 Å². The monoisotopic (exact) mass is 868 g/mol. The van der Waals surface area contributed by atoms with Crippen molar-refractivity contribution in [3.63, 3.8) is 0 Å². The first-order valence-electron chi connectivity index (χ1n) is 21.9. The standard InChI is InChI=1S/C45H77N3O13/c1-15-33-45(10,55)37(50)29(6)46(11)24-25(2)22-43(8,54)39(27(4)36(28(5)40(52)59-33)60-34-23-44(9,56-14)38(51)30(7)58-34)61-41-35(49)32(21-26(3)57-41)48(13)42(53)47(12)31-19-17-16-18-20-31/h16-20,25-30,32-39,41,49-51,54-55H,15,21-24H2,1-14H3/t25-,26-,27+,28-,29-,30+,32+,33-,34+,35-,36+,37-,38+,39-,41+,43-,44-,45-/m1/s1. The van der Waals surface area contributed by atoms with Crippen LogP contribution in [0.4, 0.5) is 10.5 Å². The maximum absolute atomic E-state index is 14.4. The van der Waals surface area contributed by atoms with Crippen molar-refractivity contribution >= 4 is 17.7 Å². The van der Waals surface area contributed by atoms with E-state index in [2.05, 4.69) is 0 Å². The molecule has 0 unspecified atom stereocenters. The number of carbonyl (C=O) groups is 2. The Hall–Kier alpha value is -2.48. The van der Waals surface area contributed by atoms with Crippen LogP contribution in [0.2, 0.25) is 0 Å². The minimum Gasteiger partial charge on any atom is -0.459 e. The zero-order valence-corrected chi connectivity index (χ0v) is 38.9. The molecule has 3 saturated heterocycles. The number of aliphatic hydroxyl groups excluding tert-OH is 3. The minimum atomic E-state index is -1.84. The molecule has 0 aliphatic carbocycles. The molecule has 3 heterocycles. The van der Waals surface area contributed by atoms with Crippen LogP contribution in [0.3, 0.4) is 0 Å². The molecule has 350 valence electrons. The average molecular weight is 868 g/mol. The van der Waals surface area contributed by atoms with Gasteiger partial charge in [0, 0.05) is 51.8 Å². The third kappa shape index (κ3) is 11.4. The molecule has 0 spiro atoms. The first-order chi connectivity index (χ1) is 28.3. The van der Waals surface area contributed by atoms with Crippen molar-refractivity contribution in [2.24, 2.45) is 17.8 Å². The lowest BCUT2D eigenvalue weighted by Gasteiger charge is -2.49. The molecule has 18 atom stereocenters. The second-order valence-electron chi connectivity index (χ2n) is 19.0. The molecule has 1 aromatic carbocycles. The van der Waals surface area contributed by atoms with Crippen LogP contribution in [0.25, 0.3) is 0 Å². The highest BCUT2D eigenvalue weighted by Crippen LogP contribution is 2.40. The van der Waals surface area contributed by atoms with Gasteiger partial charge in [-0.05, 0) is 92.8 Å². The molecule has 0 bridgehead atoms. The Morgan fingerprint density at radius 1 is 0.934 bits per heavy atom. The van der Waals surface area contributed by atoms with Crippen molar-refractivity contribution in [3.8, 4) is 0 Å². The summed E-state index contributed by atoms with van der Waals surface area (Å²) < 4.78 is 37.9. The highest BCUT2D eigenvalue weighted by Gasteiger charge is 2.53. The summed E-state index contributed by atoms with van der Waals surface area (Å²) in [5, 5.41) is 59.2. The molecule has 3 aliphatic rings. The van der Waals surface area contributed by atoms with Crippen LogP contribution in [-0.4, -0.2) is 172 Å². The first kappa shape index (κ1) is 51.2. The summed E-state index contributed by atoms with van der Waals surface area (Å²) in [6.45, 7) is 17.7. The highest BCUT2D eigenvalue weighted by atomic mass is 16.7. The zero-order valence-electron chi connectivity index (χ0n) is 38.9. The molecular formula is C45H77N3O13. The predicted molar refractivity (Wildman–Crippen MR) is 228 cm³/mol. The van der Waals surface area contributed by atoms with Gasteiger partial charge in [0.05, 0.1) is 47.6 Å². The van der Waals surface area contributed by atoms with Crippen molar-refractivity contribution in [3.05, 3.63) is 30.3 Å². The number of ether oxygens (including phenoxy) is 6.